The molecule has 1 aromatic heterocycles. The van der Waals surface area contributed by atoms with E-state index in [2.05, 4.69) is 6.07 Å². The summed E-state index contributed by atoms with van der Waals surface area (Å²) >= 11 is 0. The molecule has 0 aliphatic carbocycles. The zero-order chi connectivity index (χ0) is 18.0. The number of nitro benzene ring substituents is 1. The molecule has 7 heteroatoms. The number of esters is 1. The van der Waals surface area contributed by atoms with Crippen LogP contribution in [0, 0.1) is 21.4 Å². The van der Waals surface area contributed by atoms with Crippen molar-refractivity contribution in [2.24, 2.45) is 0 Å². The Morgan fingerprint density at radius 1 is 1.28 bits per heavy atom. The molecule has 0 saturated carbocycles. The van der Waals surface area contributed by atoms with Crippen LogP contribution < -0.4 is 0 Å². The number of aromatic nitrogens is 1. The van der Waals surface area contributed by atoms with Crippen LogP contribution in [0.2, 0.25) is 0 Å². The summed E-state index contributed by atoms with van der Waals surface area (Å²) in [4.78, 5) is 22.3. The van der Waals surface area contributed by atoms with Gasteiger partial charge >= 0.3 is 5.97 Å². The van der Waals surface area contributed by atoms with Crippen molar-refractivity contribution in [3.05, 3.63) is 69.9 Å². The molecule has 0 N–H and O–H groups in total. The number of hydrogen-bond acceptors (Lipinski definition) is 5. The van der Waals surface area contributed by atoms with Crippen molar-refractivity contribution < 1.29 is 14.5 Å². The second-order valence-electron chi connectivity index (χ2n) is 5.25. The number of rotatable bonds is 4. The number of nitrogens with zero attached hydrogens (tertiary/aromatic N) is 3. The van der Waals surface area contributed by atoms with Gasteiger partial charge in [-0.3, -0.25) is 10.1 Å². The Hall–Kier alpha value is -3.66. The van der Waals surface area contributed by atoms with Gasteiger partial charge in [0.05, 0.1) is 28.2 Å². The van der Waals surface area contributed by atoms with Gasteiger partial charge in [0, 0.05) is 29.4 Å². The highest BCUT2D eigenvalue weighted by atomic mass is 16.6. The number of benzene rings is 2. The standard InChI is InChI=1S/C18H13N3O4/c1-2-25-18(22)12-3-5-14(6-4-12)20-11-13(10-19)16-8-7-15(21(23)24)9-17(16)20/h3-9,11H,2H2,1H3. The molecular weight excluding hydrogens is 322 g/mol. The Morgan fingerprint density at radius 3 is 2.60 bits per heavy atom. The first-order valence-corrected chi connectivity index (χ1v) is 7.52. The summed E-state index contributed by atoms with van der Waals surface area (Å²) in [6.45, 7) is 2.02. The van der Waals surface area contributed by atoms with Crippen molar-refractivity contribution in [1.82, 2.24) is 4.57 Å². The lowest BCUT2D eigenvalue weighted by molar-refractivity contribution is -0.384. The summed E-state index contributed by atoms with van der Waals surface area (Å²) in [5, 5.41) is 20.9. The molecule has 0 bridgehead atoms. The van der Waals surface area contributed by atoms with Gasteiger partial charge in [-0.15, -0.1) is 0 Å². The van der Waals surface area contributed by atoms with E-state index >= 15 is 0 Å². The molecule has 0 atom stereocenters. The van der Waals surface area contributed by atoms with E-state index < -0.39 is 10.9 Å². The minimum Gasteiger partial charge on any atom is -0.462 e. The van der Waals surface area contributed by atoms with Crippen LogP contribution in [0.1, 0.15) is 22.8 Å². The normalized spacial score (nSPS) is 10.4. The molecule has 0 aliphatic rings. The van der Waals surface area contributed by atoms with E-state index in [1.807, 2.05) is 0 Å². The Labute approximate surface area is 142 Å². The summed E-state index contributed by atoms with van der Waals surface area (Å²) in [6, 6.07) is 13.1. The lowest BCUT2D eigenvalue weighted by Crippen LogP contribution is -2.04. The van der Waals surface area contributed by atoms with Gasteiger partial charge in [0.2, 0.25) is 0 Å². The first kappa shape index (κ1) is 16.2. The third-order valence-corrected chi connectivity index (χ3v) is 3.78. The topological polar surface area (TPSA) is 98.2 Å². The second kappa shape index (κ2) is 6.45. The van der Waals surface area contributed by atoms with Gasteiger partial charge in [0.25, 0.3) is 5.69 Å². The quantitative estimate of drug-likeness (QED) is 0.412. The Bertz CT molecular complexity index is 1010. The smallest absolute Gasteiger partial charge is 0.338 e. The van der Waals surface area contributed by atoms with E-state index in [0.29, 0.717) is 27.7 Å². The highest BCUT2D eigenvalue weighted by molar-refractivity contribution is 5.91. The van der Waals surface area contributed by atoms with Crippen molar-refractivity contribution in [2.45, 2.75) is 6.92 Å². The summed E-state index contributed by atoms with van der Waals surface area (Å²) < 4.78 is 6.63. The van der Waals surface area contributed by atoms with E-state index in [4.69, 9.17) is 4.74 Å². The van der Waals surface area contributed by atoms with Gasteiger partial charge in [-0.1, -0.05) is 0 Å². The molecule has 0 unspecified atom stereocenters. The SMILES string of the molecule is CCOC(=O)c1ccc(-n2cc(C#N)c3ccc([N+](=O)[O-])cc32)cc1. The monoisotopic (exact) mass is 335 g/mol. The highest BCUT2D eigenvalue weighted by Crippen LogP contribution is 2.28. The van der Waals surface area contributed by atoms with Crippen LogP contribution >= 0.6 is 0 Å². The molecule has 7 nitrogen and oxygen atoms in total. The zero-order valence-corrected chi connectivity index (χ0v) is 13.3. The van der Waals surface area contributed by atoms with Gasteiger partial charge in [-0.25, -0.2) is 4.79 Å². The molecule has 0 fully saturated rings. The highest BCUT2D eigenvalue weighted by Gasteiger charge is 2.15. The van der Waals surface area contributed by atoms with E-state index in [1.165, 1.54) is 12.1 Å². The Morgan fingerprint density at radius 2 is 2.00 bits per heavy atom. The zero-order valence-electron chi connectivity index (χ0n) is 13.3. The van der Waals surface area contributed by atoms with Crippen LogP contribution in [0.5, 0.6) is 0 Å². The minimum atomic E-state index is -0.479. The summed E-state index contributed by atoms with van der Waals surface area (Å²) in [6.07, 6.45) is 1.62. The maximum atomic E-state index is 11.7. The first-order valence-electron chi connectivity index (χ1n) is 7.52. The summed E-state index contributed by atoms with van der Waals surface area (Å²) in [5.41, 5.74) is 2.00. The third kappa shape index (κ3) is 2.93. The molecule has 0 radical (unpaired) electrons. The Balaban J connectivity index is 2.11. The maximum Gasteiger partial charge on any atom is 0.338 e. The molecule has 0 saturated heterocycles. The van der Waals surface area contributed by atoms with E-state index in [1.54, 1.807) is 48.0 Å². The predicted octanol–water partition coefficient (Wildman–Crippen LogP) is 3.59. The largest absolute Gasteiger partial charge is 0.462 e. The summed E-state index contributed by atoms with van der Waals surface area (Å²) in [7, 11) is 0. The van der Waals surface area contributed by atoms with Gasteiger partial charge in [-0.2, -0.15) is 5.26 Å². The number of carbonyl (C=O) groups excluding carboxylic acids is 1. The number of hydrogen-bond donors (Lipinski definition) is 0. The van der Waals surface area contributed by atoms with Gasteiger partial charge < -0.3 is 9.30 Å². The minimum absolute atomic E-state index is 0.0560. The lowest BCUT2D eigenvalue weighted by Gasteiger charge is -2.07. The van der Waals surface area contributed by atoms with Crippen LogP contribution in [-0.2, 0) is 4.74 Å². The molecule has 0 amide bonds. The van der Waals surface area contributed by atoms with Crippen LogP contribution in [0.25, 0.3) is 16.6 Å². The van der Waals surface area contributed by atoms with Crippen LogP contribution in [0.15, 0.2) is 48.7 Å². The van der Waals surface area contributed by atoms with Crippen LogP contribution in [0.3, 0.4) is 0 Å². The number of ether oxygens (including phenoxy) is 1. The van der Waals surface area contributed by atoms with E-state index in [9.17, 15) is 20.2 Å². The van der Waals surface area contributed by atoms with Gasteiger partial charge in [-0.05, 0) is 37.3 Å². The Kier molecular flexibility index (Phi) is 4.18. The van der Waals surface area contributed by atoms with Crippen molar-refractivity contribution in [2.75, 3.05) is 6.61 Å². The first-order chi connectivity index (χ1) is 12.0. The van der Waals surface area contributed by atoms with E-state index in [0.717, 1.165) is 0 Å². The maximum absolute atomic E-state index is 11.7. The number of fused-ring (bicyclic) bond motifs is 1. The molecule has 1 heterocycles. The predicted molar refractivity (Wildman–Crippen MR) is 90.6 cm³/mol. The number of non-ortho nitro benzene ring substituents is 1. The van der Waals surface area contributed by atoms with Crippen molar-refractivity contribution in [3.63, 3.8) is 0 Å². The number of nitriles is 1. The fourth-order valence-electron chi connectivity index (χ4n) is 2.60. The summed E-state index contributed by atoms with van der Waals surface area (Å²) in [5.74, 6) is -0.417. The molecule has 2 aromatic carbocycles. The molecule has 0 aliphatic heterocycles. The molecule has 3 aromatic rings. The van der Waals surface area contributed by atoms with Crippen molar-refractivity contribution in [3.8, 4) is 11.8 Å². The number of carbonyl (C=O) groups is 1. The molecule has 3 rings (SSSR count). The fourth-order valence-corrected chi connectivity index (χ4v) is 2.60. The van der Waals surface area contributed by atoms with Crippen molar-refractivity contribution in [1.29, 1.82) is 5.26 Å². The number of nitro groups is 1. The van der Waals surface area contributed by atoms with Crippen LogP contribution in [0.4, 0.5) is 5.69 Å². The average molecular weight is 335 g/mol. The molecular formula is C18H13N3O4. The van der Waals surface area contributed by atoms with Gasteiger partial charge in [0.1, 0.15) is 6.07 Å². The molecule has 124 valence electrons. The van der Waals surface area contributed by atoms with E-state index in [-0.39, 0.29) is 12.3 Å². The molecule has 25 heavy (non-hydrogen) atoms. The third-order valence-electron chi connectivity index (χ3n) is 3.78. The van der Waals surface area contributed by atoms with Crippen LogP contribution in [-0.4, -0.2) is 22.1 Å². The van der Waals surface area contributed by atoms with Gasteiger partial charge in [0.15, 0.2) is 0 Å². The molecule has 0 spiro atoms. The fraction of sp³-hybridized carbons (Fsp3) is 0.111. The van der Waals surface area contributed by atoms with Crippen molar-refractivity contribution >= 4 is 22.6 Å². The average Bonchev–Trinajstić information content (AvgIpc) is 3.00. The second-order valence-corrected chi connectivity index (χ2v) is 5.25. The lowest BCUT2D eigenvalue weighted by atomic mass is 10.1.